The summed E-state index contributed by atoms with van der Waals surface area (Å²) in [6, 6.07) is 12.4. The third-order valence-electron chi connectivity index (χ3n) is 5.75. The normalized spacial score (nSPS) is 17.9. The van der Waals surface area contributed by atoms with E-state index in [1.807, 2.05) is 57.2 Å². The van der Waals surface area contributed by atoms with Gasteiger partial charge in [-0.3, -0.25) is 9.59 Å². The lowest BCUT2D eigenvalue weighted by Gasteiger charge is -2.25. The van der Waals surface area contributed by atoms with Crippen LogP contribution in [0.4, 0.5) is 0 Å². The highest BCUT2D eigenvalue weighted by molar-refractivity contribution is 6.46. The minimum Gasteiger partial charge on any atom is -0.507 e. The minimum absolute atomic E-state index is 0.131. The zero-order valence-corrected chi connectivity index (χ0v) is 18.8. The summed E-state index contributed by atoms with van der Waals surface area (Å²) in [5.41, 5.74) is 3.57. The van der Waals surface area contributed by atoms with Crippen molar-refractivity contribution < 1.29 is 19.4 Å². The quantitative estimate of drug-likeness (QED) is 0.271. The lowest BCUT2D eigenvalue weighted by Crippen LogP contribution is -2.30. The molecule has 5 nitrogen and oxygen atoms in total. The molecule has 1 aliphatic rings. The van der Waals surface area contributed by atoms with E-state index in [1.165, 1.54) is 0 Å². The number of rotatable bonds is 8. The Hall–Kier alpha value is -3.08. The topological polar surface area (TPSA) is 66.8 Å². The molecule has 1 unspecified atom stereocenters. The SMILES string of the molecule is CCCCOc1ccc(C2/C(=C(/O)c3ccc(C)c(C)c3)C(=O)C(=O)N2CCC)cc1. The Balaban J connectivity index is 2.05. The minimum atomic E-state index is -0.641. The number of unbranched alkanes of at least 4 members (excludes halogenated alkanes) is 1. The molecule has 1 fully saturated rings. The van der Waals surface area contributed by atoms with Crippen LogP contribution in [0.15, 0.2) is 48.0 Å². The van der Waals surface area contributed by atoms with Crippen LogP contribution in [-0.4, -0.2) is 34.8 Å². The largest absolute Gasteiger partial charge is 0.507 e. The van der Waals surface area contributed by atoms with Gasteiger partial charge in [0, 0.05) is 12.1 Å². The number of carbonyl (C=O) groups excluding carboxylic acids is 2. The van der Waals surface area contributed by atoms with Gasteiger partial charge in [-0.25, -0.2) is 0 Å². The third kappa shape index (κ3) is 4.66. The highest BCUT2D eigenvalue weighted by atomic mass is 16.5. The van der Waals surface area contributed by atoms with Gasteiger partial charge in [0.25, 0.3) is 11.7 Å². The van der Waals surface area contributed by atoms with E-state index < -0.39 is 17.7 Å². The van der Waals surface area contributed by atoms with Gasteiger partial charge >= 0.3 is 0 Å². The standard InChI is InChI=1S/C26H31NO4/c1-5-7-15-31-21-12-10-19(11-13-21)23-22(25(29)26(30)27(23)14-6-2)24(28)20-9-8-17(3)18(4)16-20/h8-13,16,23,28H,5-7,14-15H2,1-4H3/b24-22-. The number of carbonyl (C=O) groups is 2. The summed E-state index contributed by atoms with van der Waals surface area (Å²) >= 11 is 0. The Kier molecular flexibility index (Phi) is 7.16. The zero-order valence-electron chi connectivity index (χ0n) is 18.8. The van der Waals surface area contributed by atoms with Crippen LogP contribution in [0.3, 0.4) is 0 Å². The van der Waals surface area contributed by atoms with E-state index in [-0.39, 0.29) is 11.3 Å². The molecule has 1 atom stereocenters. The van der Waals surface area contributed by atoms with Crippen LogP contribution in [-0.2, 0) is 9.59 Å². The molecular weight excluding hydrogens is 390 g/mol. The molecule has 2 aromatic rings. The summed E-state index contributed by atoms with van der Waals surface area (Å²) < 4.78 is 5.74. The van der Waals surface area contributed by atoms with Gasteiger partial charge in [-0.05, 0) is 61.6 Å². The van der Waals surface area contributed by atoms with E-state index >= 15 is 0 Å². The van der Waals surface area contributed by atoms with Crippen molar-refractivity contribution >= 4 is 17.4 Å². The van der Waals surface area contributed by atoms with Crippen molar-refractivity contribution in [2.24, 2.45) is 0 Å². The Labute approximate surface area is 184 Å². The molecule has 3 rings (SSSR count). The third-order valence-corrected chi connectivity index (χ3v) is 5.75. The predicted octanol–water partition coefficient (Wildman–Crippen LogP) is 5.31. The maximum absolute atomic E-state index is 12.9. The number of aryl methyl sites for hydroxylation is 2. The number of Topliss-reactive ketones (excluding diaryl/α,β-unsaturated/α-hetero) is 1. The Morgan fingerprint density at radius 3 is 2.32 bits per heavy atom. The average Bonchev–Trinajstić information content (AvgIpc) is 3.01. The predicted molar refractivity (Wildman–Crippen MR) is 122 cm³/mol. The first-order valence-corrected chi connectivity index (χ1v) is 11.0. The van der Waals surface area contributed by atoms with Crippen molar-refractivity contribution in [3.63, 3.8) is 0 Å². The summed E-state index contributed by atoms with van der Waals surface area (Å²) in [6.07, 6.45) is 2.75. The molecule has 5 heteroatoms. The first kappa shape index (κ1) is 22.6. The number of aliphatic hydroxyl groups excluding tert-OH is 1. The molecule has 1 heterocycles. The van der Waals surface area contributed by atoms with E-state index in [0.717, 1.165) is 35.3 Å². The molecule has 1 saturated heterocycles. The van der Waals surface area contributed by atoms with Crippen molar-refractivity contribution in [3.8, 4) is 5.75 Å². The molecule has 1 amide bonds. The Morgan fingerprint density at radius 1 is 1.00 bits per heavy atom. The monoisotopic (exact) mass is 421 g/mol. The van der Waals surface area contributed by atoms with Gasteiger partial charge in [0.2, 0.25) is 0 Å². The van der Waals surface area contributed by atoms with Gasteiger partial charge in [0.1, 0.15) is 11.5 Å². The number of aliphatic hydroxyl groups is 1. The van der Waals surface area contributed by atoms with E-state index in [1.54, 1.807) is 11.0 Å². The molecule has 0 saturated carbocycles. The second kappa shape index (κ2) is 9.82. The van der Waals surface area contributed by atoms with E-state index in [2.05, 4.69) is 6.92 Å². The van der Waals surface area contributed by atoms with Crippen molar-refractivity contribution in [1.82, 2.24) is 4.90 Å². The molecule has 1 N–H and O–H groups in total. The molecule has 31 heavy (non-hydrogen) atoms. The highest BCUT2D eigenvalue weighted by Gasteiger charge is 2.45. The Morgan fingerprint density at radius 2 is 1.71 bits per heavy atom. The lowest BCUT2D eigenvalue weighted by molar-refractivity contribution is -0.139. The Bertz CT molecular complexity index is 991. The van der Waals surface area contributed by atoms with Crippen LogP contribution < -0.4 is 4.74 Å². The number of hydrogen-bond acceptors (Lipinski definition) is 4. The number of ketones is 1. The van der Waals surface area contributed by atoms with Gasteiger partial charge in [0.05, 0.1) is 18.2 Å². The van der Waals surface area contributed by atoms with Crippen LogP contribution in [0, 0.1) is 13.8 Å². The molecular formula is C26H31NO4. The smallest absolute Gasteiger partial charge is 0.295 e. The molecule has 0 spiro atoms. The van der Waals surface area contributed by atoms with Gasteiger partial charge in [-0.1, -0.05) is 44.5 Å². The summed E-state index contributed by atoms with van der Waals surface area (Å²) in [4.78, 5) is 27.3. The first-order valence-electron chi connectivity index (χ1n) is 11.0. The molecule has 0 radical (unpaired) electrons. The first-order chi connectivity index (χ1) is 14.9. The van der Waals surface area contributed by atoms with Gasteiger partial charge in [-0.2, -0.15) is 0 Å². The molecule has 0 aromatic heterocycles. The number of ether oxygens (including phenoxy) is 1. The van der Waals surface area contributed by atoms with Crippen LogP contribution in [0.5, 0.6) is 5.75 Å². The van der Waals surface area contributed by atoms with Gasteiger partial charge in [-0.15, -0.1) is 0 Å². The molecule has 2 aromatic carbocycles. The summed E-state index contributed by atoms with van der Waals surface area (Å²) in [6.45, 7) is 9.10. The molecule has 1 aliphatic heterocycles. The van der Waals surface area contributed by atoms with Gasteiger partial charge < -0.3 is 14.7 Å². The fraction of sp³-hybridized carbons (Fsp3) is 0.385. The van der Waals surface area contributed by atoms with E-state index in [4.69, 9.17) is 4.74 Å². The second-order valence-electron chi connectivity index (χ2n) is 8.06. The number of likely N-dealkylation sites (tertiary alicyclic amines) is 1. The summed E-state index contributed by atoms with van der Waals surface area (Å²) in [5, 5.41) is 11.1. The summed E-state index contributed by atoms with van der Waals surface area (Å²) in [5.74, 6) is -0.593. The van der Waals surface area contributed by atoms with Crippen LogP contribution in [0.2, 0.25) is 0 Å². The molecule has 0 aliphatic carbocycles. The zero-order chi connectivity index (χ0) is 22.5. The fourth-order valence-electron chi connectivity index (χ4n) is 3.82. The van der Waals surface area contributed by atoms with Crippen molar-refractivity contribution in [1.29, 1.82) is 0 Å². The van der Waals surface area contributed by atoms with Crippen molar-refractivity contribution in [2.75, 3.05) is 13.2 Å². The second-order valence-corrected chi connectivity index (χ2v) is 8.06. The number of benzene rings is 2. The maximum atomic E-state index is 12.9. The number of nitrogens with zero attached hydrogens (tertiary/aromatic N) is 1. The van der Waals surface area contributed by atoms with E-state index in [9.17, 15) is 14.7 Å². The highest BCUT2D eigenvalue weighted by Crippen LogP contribution is 2.40. The van der Waals surface area contributed by atoms with Crippen LogP contribution in [0.25, 0.3) is 5.76 Å². The van der Waals surface area contributed by atoms with Crippen molar-refractivity contribution in [2.45, 2.75) is 53.0 Å². The maximum Gasteiger partial charge on any atom is 0.295 e. The number of amides is 1. The lowest BCUT2D eigenvalue weighted by atomic mass is 9.94. The molecule has 0 bridgehead atoms. The summed E-state index contributed by atoms with van der Waals surface area (Å²) in [7, 11) is 0. The van der Waals surface area contributed by atoms with Crippen LogP contribution >= 0.6 is 0 Å². The average molecular weight is 422 g/mol. The van der Waals surface area contributed by atoms with Crippen molar-refractivity contribution in [3.05, 3.63) is 70.3 Å². The number of hydrogen-bond donors (Lipinski definition) is 1. The fourth-order valence-corrected chi connectivity index (χ4v) is 3.82. The van der Waals surface area contributed by atoms with Crippen LogP contribution in [0.1, 0.15) is 61.4 Å². The van der Waals surface area contributed by atoms with E-state index in [0.29, 0.717) is 25.1 Å². The van der Waals surface area contributed by atoms with Gasteiger partial charge in [0.15, 0.2) is 0 Å². The molecule has 164 valence electrons.